The summed E-state index contributed by atoms with van der Waals surface area (Å²) in [6.45, 7) is 9.89. The number of methoxy groups -OCH3 is 1. The second-order valence-corrected chi connectivity index (χ2v) is 9.23. The topological polar surface area (TPSA) is 35.5 Å². The summed E-state index contributed by atoms with van der Waals surface area (Å²) in [5.74, 6) is 0.381. The van der Waals surface area contributed by atoms with Crippen LogP contribution in [0.4, 0.5) is 0 Å². The second kappa shape index (κ2) is 6.51. The summed E-state index contributed by atoms with van der Waals surface area (Å²) in [6, 6.07) is 12.4. The lowest BCUT2D eigenvalue weighted by molar-refractivity contribution is 0.0600. The van der Waals surface area contributed by atoms with Gasteiger partial charge in [0.2, 0.25) is 0 Å². The molecule has 0 fully saturated rings. The van der Waals surface area contributed by atoms with E-state index in [1.807, 2.05) is 6.07 Å². The van der Waals surface area contributed by atoms with Crippen LogP contribution in [0.1, 0.15) is 73.1 Å². The molecule has 3 nitrogen and oxygen atoms in total. The highest BCUT2D eigenvalue weighted by Gasteiger charge is 2.37. The predicted molar refractivity (Wildman–Crippen MR) is 113 cm³/mol. The molecule has 0 saturated carbocycles. The summed E-state index contributed by atoms with van der Waals surface area (Å²) in [4.78, 5) is 11.7. The van der Waals surface area contributed by atoms with Gasteiger partial charge in [0.25, 0.3) is 0 Å². The van der Waals surface area contributed by atoms with E-state index in [0.717, 1.165) is 11.3 Å². The Morgan fingerprint density at radius 1 is 0.964 bits per heavy atom. The molecule has 0 aromatic heterocycles. The summed E-state index contributed by atoms with van der Waals surface area (Å²) in [7, 11) is 1.39. The van der Waals surface area contributed by atoms with E-state index in [-0.39, 0.29) is 16.8 Å². The van der Waals surface area contributed by atoms with Crippen molar-refractivity contribution in [1.29, 1.82) is 0 Å². The zero-order chi connectivity index (χ0) is 20.1. The second-order valence-electron chi connectivity index (χ2n) is 9.23. The molecule has 0 atom stereocenters. The van der Waals surface area contributed by atoms with E-state index < -0.39 is 0 Å². The SMILES string of the molecule is COC(=O)c1ccc2c(c1)OCC(c1ccc3c(c1)C(C)(C)CCC3(C)C)=C2. The number of fused-ring (bicyclic) bond motifs is 2. The lowest BCUT2D eigenvalue weighted by Gasteiger charge is -2.42. The van der Waals surface area contributed by atoms with Crippen molar-refractivity contribution in [1.82, 2.24) is 0 Å². The van der Waals surface area contributed by atoms with Gasteiger partial charge in [-0.25, -0.2) is 4.79 Å². The Kier molecular flexibility index (Phi) is 4.37. The van der Waals surface area contributed by atoms with Crippen LogP contribution < -0.4 is 4.74 Å². The Bertz CT molecular complexity index is 979. The lowest BCUT2D eigenvalue weighted by atomic mass is 9.63. The molecule has 3 heteroatoms. The number of benzene rings is 2. The monoisotopic (exact) mass is 376 g/mol. The Morgan fingerprint density at radius 2 is 1.68 bits per heavy atom. The van der Waals surface area contributed by atoms with Gasteiger partial charge in [0, 0.05) is 5.56 Å². The number of carbonyl (C=O) groups is 1. The minimum absolute atomic E-state index is 0.185. The molecular formula is C25H28O3. The first-order valence-electron chi connectivity index (χ1n) is 9.92. The normalized spacial score (nSPS) is 19.0. The van der Waals surface area contributed by atoms with Gasteiger partial charge in [0.15, 0.2) is 0 Å². The van der Waals surface area contributed by atoms with Crippen molar-refractivity contribution in [2.24, 2.45) is 0 Å². The standard InChI is InChI=1S/C25H28O3/c1-24(2)10-11-25(3,4)21-13-16(8-9-20(21)24)19-12-17-6-7-18(23(26)27-5)14-22(17)28-15-19/h6-9,12-14H,10-11,15H2,1-5H3. The highest BCUT2D eigenvalue weighted by Crippen LogP contribution is 2.46. The zero-order valence-corrected chi connectivity index (χ0v) is 17.4. The van der Waals surface area contributed by atoms with Crippen molar-refractivity contribution >= 4 is 17.6 Å². The minimum Gasteiger partial charge on any atom is -0.488 e. The molecule has 1 aliphatic heterocycles. The number of carbonyl (C=O) groups excluding carboxylic acids is 1. The first-order chi connectivity index (χ1) is 13.2. The third-order valence-electron chi connectivity index (χ3n) is 6.37. The molecule has 2 aromatic rings. The maximum absolute atomic E-state index is 11.7. The Labute approximate surface area is 167 Å². The fourth-order valence-corrected chi connectivity index (χ4v) is 4.36. The minimum atomic E-state index is -0.347. The van der Waals surface area contributed by atoms with Crippen molar-refractivity contribution in [2.45, 2.75) is 51.4 Å². The first-order valence-corrected chi connectivity index (χ1v) is 9.92. The van der Waals surface area contributed by atoms with Crippen LogP contribution in [0.15, 0.2) is 36.4 Å². The Hall–Kier alpha value is -2.55. The smallest absolute Gasteiger partial charge is 0.337 e. The van der Waals surface area contributed by atoms with Crippen molar-refractivity contribution in [3.8, 4) is 5.75 Å². The molecule has 146 valence electrons. The van der Waals surface area contributed by atoms with Crippen LogP contribution in [0, 0.1) is 0 Å². The predicted octanol–water partition coefficient (Wildman–Crippen LogP) is 5.76. The maximum Gasteiger partial charge on any atom is 0.337 e. The van der Waals surface area contributed by atoms with Crippen molar-refractivity contribution in [3.05, 3.63) is 64.2 Å². The van der Waals surface area contributed by atoms with Gasteiger partial charge in [-0.3, -0.25) is 0 Å². The van der Waals surface area contributed by atoms with Crippen LogP contribution in [0.2, 0.25) is 0 Å². The van der Waals surface area contributed by atoms with Crippen molar-refractivity contribution in [2.75, 3.05) is 13.7 Å². The number of esters is 1. The van der Waals surface area contributed by atoms with Crippen molar-refractivity contribution < 1.29 is 14.3 Å². The summed E-state index contributed by atoms with van der Waals surface area (Å²) in [5, 5.41) is 0. The van der Waals surface area contributed by atoms with Gasteiger partial charge in [-0.15, -0.1) is 0 Å². The molecule has 1 aliphatic carbocycles. The number of hydrogen-bond acceptors (Lipinski definition) is 3. The van der Waals surface area contributed by atoms with Crippen LogP contribution >= 0.6 is 0 Å². The van der Waals surface area contributed by atoms with Gasteiger partial charge in [0.1, 0.15) is 12.4 Å². The summed E-state index contributed by atoms with van der Waals surface area (Å²) >= 11 is 0. The average molecular weight is 376 g/mol. The average Bonchev–Trinajstić information content (AvgIpc) is 2.70. The molecule has 0 spiro atoms. The van der Waals surface area contributed by atoms with Gasteiger partial charge in [-0.2, -0.15) is 0 Å². The molecule has 0 amide bonds. The molecule has 0 bridgehead atoms. The molecule has 4 rings (SSSR count). The Morgan fingerprint density at radius 3 is 2.39 bits per heavy atom. The molecule has 2 aromatic carbocycles. The van der Waals surface area contributed by atoms with Crippen LogP contribution in [0.5, 0.6) is 5.75 Å². The highest BCUT2D eigenvalue weighted by atomic mass is 16.5. The Balaban J connectivity index is 1.73. The molecule has 2 aliphatic rings. The molecule has 0 saturated heterocycles. The summed E-state index contributed by atoms with van der Waals surface area (Å²) in [5.41, 5.74) is 7.21. The largest absolute Gasteiger partial charge is 0.488 e. The molecule has 0 N–H and O–H groups in total. The first kappa shape index (κ1) is 18.8. The van der Waals surface area contributed by atoms with E-state index in [1.54, 1.807) is 12.1 Å². The van der Waals surface area contributed by atoms with Gasteiger partial charge in [0.05, 0.1) is 12.7 Å². The number of rotatable bonds is 2. The van der Waals surface area contributed by atoms with Crippen LogP contribution in [-0.4, -0.2) is 19.7 Å². The third kappa shape index (κ3) is 3.13. The van der Waals surface area contributed by atoms with E-state index in [9.17, 15) is 4.79 Å². The van der Waals surface area contributed by atoms with Crippen LogP contribution in [-0.2, 0) is 15.6 Å². The van der Waals surface area contributed by atoms with E-state index >= 15 is 0 Å². The number of hydrogen-bond donors (Lipinski definition) is 0. The van der Waals surface area contributed by atoms with Gasteiger partial charge in [-0.05, 0) is 64.1 Å². The van der Waals surface area contributed by atoms with E-state index in [0.29, 0.717) is 12.2 Å². The van der Waals surface area contributed by atoms with Crippen LogP contribution in [0.3, 0.4) is 0 Å². The molecule has 1 heterocycles. The summed E-state index contributed by atoms with van der Waals surface area (Å²) < 4.78 is 10.8. The van der Waals surface area contributed by atoms with Gasteiger partial charge < -0.3 is 9.47 Å². The van der Waals surface area contributed by atoms with Gasteiger partial charge in [-0.1, -0.05) is 52.0 Å². The quantitative estimate of drug-likeness (QED) is 0.626. The van der Waals surface area contributed by atoms with Crippen LogP contribution in [0.25, 0.3) is 11.6 Å². The lowest BCUT2D eigenvalue weighted by Crippen LogP contribution is -2.33. The fraction of sp³-hybridized carbons (Fsp3) is 0.400. The summed E-state index contributed by atoms with van der Waals surface area (Å²) in [6.07, 6.45) is 4.59. The van der Waals surface area contributed by atoms with E-state index in [4.69, 9.17) is 9.47 Å². The highest BCUT2D eigenvalue weighted by molar-refractivity contribution is 5.92. The fourth-order valence-electron chi connectivity index (χ4n) is 4.36. The number of ether oxygens (including phenoxy) is 2. The third-order valence-corrected chi connectivity index (χ3v) is 6.37. The molecule has 0 radical (unpaired) electrons. The van der Waals surface area contributed by atoms with Gasteiger partial charge >= 0.3 is 5.97 Å². The molecule has 28 heavy (non-hydrogen) atoms. The molecular weight excluding hydrogens is 348 g/mol. The maximum atomic E-state index is 11.7. The van der Waals surface area contributed by atoms with E-state index in [2.05, 4.69) is 52.0 Å². The zero-order valence-electron chi connectivity index (χ0n) is 17.4. The van der Waals surface area contributed by atoms with Crippen molar-refractivity contribution in [3.63, 3.8) is 0 Å². The van der Waals surface area contributed by atoms with E-state index in [1.165, 1.54) is 42.2 Å². The molecule has 0 unspecified atom stereocenters.